The summed E-state index contributed by atoms with van der Waals surface area (Å²) in [5.41, 5.74) is 1.64. The zero-order chi connectivity index (χ0) is 18.1. The van der Waals surface area contributed by atoms with Crippen LogP contribution in [-0.4, -0.2) is 42.2 Å². The lowest BCUT2D eigenvalue weighted by atomic mass is 10.2. The van der Waals surface area contributed by atoms with E-state index < -0.39 is 5.91 Å². The van der Waals surface area contributed by atoms with Crippen molar-refractivity contribution in [2.75, 3.05) is 36.5 Å². The van der Waals surface area contributed by atoms with Crippen LogP contribution in [-0.2, 0) is 4.74 Å². The second-order valence-electron chi connectivity index (χ2n) is 5.70. The van der Waals surface area contributed by atoms with Gasteiger partial charge in [-0.25, -0.2) is 9.97 Å². The van der Waals surface area contributed by atoms with Crippen LogP contribution >= 0.6 is 34.5 Å². The van der Waals surface area contributed by atoms with E-state index in [1.807, 2.05) is 18.2 Å². The number of hydrogen-bond acceptors (Lipinski definition) is 6. The first-order valence-electron chi connectivity index (χ1n) is 7.97. The van der Waals surface area contributed by atoms with E-state index in [9.17, 15) is 4.79 Å². The number of amides is 1. The van der Waals surface area contributed by atoms with Gasteiger partial charge in [0.25, 0.3) is 5.91 Å². The number of carbonyl (C=O) groups is 1. The summed E-state index contributed by atoms with van der Waals surface area (Å²) in [6, 6.07) is 8.68. The van der Waals surface area contributed by atoms with Crippen LogP contribution in [0.3, 0.4) is 0 Å². The summed E-state index contributed by atoms with van der Waals surface area (Å²) in [6.45, 7) is 3.10. The van der Waals surface area contributed by atoms with Crippen molar-refractivity contribution in [2.24, 2.45) is 0 Å². The van der Waals surface area contributed by atoms with Crippen molar-refractivity contribution in [3.63, 3.8) is 0 Å². The topological polar surface area (TPSA) is 67.4 Å². The lowest BCUT2D eigenvalue weighted by Crippen LogP contribution is -2.36. The minimum atomic E-state index is -0.408. The number of rotatable bonds is 3. The van der Waals surface area contributed by atoms with Crippen molar-refractivity contribution < 1.29 is 9.53 Å². The Morgan fingerprint density at radius 3 is 2.77 bits per heavy atom. The molecule has 1 aliphatic rings. The Morgan fingerprint density at radius 2 is 1.96 bits per heavy atom. The van der Waals surface area contributed by atoms with Gasteiger partial charge in [-0.3, -0.25) is 4.79 Å². The number of nitrogens with zero attached hydrogens (tertiary/aromatic N) is 3. The maximum absolute atomic E-state index is 12.4. The molecule has 3 heterocycles. The van der Waals surface area contributed by atoms with Crippen LogP contribution in [0.2, 0.25) is 10.2 Å². The van der Waals surface area contributed by atoms with Gasteiger partial charge in [-0.2, -0.15) is 0 Å². The van der Waals surface area contributed by atoms with E-state index in [-0.39, 0.29) is 15.9 Å². The molecule has 0 bridgehead atoms. The molecule has 134 valence electrons. The lowest BCUT2D eigenvalue weighted by Gasteiger charge is -2.25. The zero-order valence-electron chi connectivity index (χ0n) is 13.5. The molecule has 1 saturated heterocycles. The van der Waals surface area contributed by atoms with Gasteiger partial charge < -0.3 is 15.0 Å². The number of morpholine rings is 1. The van der Waals surface area contributed by atoms with Crippen LogP contribution in [0, 0.1) is 0 Å². The van der Waals surface area contributed by atoms with Gasteiger partial charge in [0.2, 0.25) is 0 Å². The first kappa shape index (κ1) is 17.5. The zero-order valence-corrected chi connectivity index (χ0v) is 15.9. The minimum Gasteiger partial charge on any atom is -0.378 e. The molecule has 9 heteroatoms. The molecule has 0 spiro atoms. The third-order valence-corrected chi connectivity index (χ3v) is 5.54. The number of halogens is 2. The maximum Gasteiger partial charge on any atom is 0.275 e. The van der Waals surface area contributed by atoms with Crippen molar-refractivity contribution >= 4 is 61.5 Å². The molecule has 1 aliphatic heterocycles. The van der Waals surface area contributed by atoms with Crippen molar-refractivity contribution in [1.82, 2.24) is 9.97 Å². The minimum absolute atomic E-state index is 0.0950. The van der Waals surface area contributed by atoms with E-state index in [1.165, 1.54) is 6.07 Å². The van der Waals surface area contributed by atoms with Crippen molar-refractivity contribution in [3.8, 4) is 0 Å². The fraction of sp³-hybridized carbons (Fsp3) is 0.235. The van der Waals surface area contributed by atoms with Gasteiger partial charge in [0.15, 0.2) is 5.13 Å². The number of nitrogens with one attached hydrogen (secondary N) is 1. The van der Waals surface area contributed by atoms with Gasteiger partial charge in [-0.15, -0.1) is 0 Å². The van der Waals surface area contributed by atoms with E-state index in [4.69, 9.17) is 27.9 Å². The van der Waals surface area contributed by atoms with Gasteiger partial charge in [0.1, 0.15) is 10.8 Å². The standard InChI is InChI=1S/C17H14Cl2N4O2S/c18-11-2-4-14(19)22-15(11)16(24)20-10-1-3-12-13(9-10)26-17(21-12)23-5-7-25-8-6-23/h1-4,9H,5-8H2,(H,20,24). The average Bonchev–Trinajstić information content (AvgIpc) is 3.08. The number of carbonyl (C=O) groups excluding carboxylic acids is 1. The Balaban J connectivity index is 1.57. The summed E-state index contributed by atoms with van der Waals surface area (Å²) in [5.74, 6) is -0.408. The van der Waals surface area contributed by atoms with Crippen molar-refractivity contribution in [3.05, 3.63) is 46.2 Å². The van der Waals surface area contributed by atoms with Gasteiger partial charge in [0, 0.05) is 18.8 Å². The molecule has 1 fully saturated rings. The normalized spacial score (nSPS) is 14.6. The van der Waals surface area contributed by atoms with E-state index in [2.05, 4.69) is 20.2 Å². The van der Waals surface area contributed by atoms with Crippen LogP contribution < -0.4 is 10.2 Å². The molecule has 3 aromatic rings. The summed E-state index contributed by atoms with van der Waals surface area (Å²) >= 11 is 13.5. The second-order valence-corrected chi connectivity index (χ2v) is 7.50. The molecule has 6 nitrogen and oxygen atoms in total. The number of benzene rings is 1. The quantitative estimate of drug-likeness (QED) is 0.661. The van der Waals surface area contributed by atoms with E-state index in [1.54, 1.807) is 17.4 Å². The molecule has 2 aromatic heterocycles. The largest absolute Gasteiger partial charge is 0.378 e. The smallest absolute Gasteiger partial charge is 0.275 e. The number of ether oxygens (including phenoxy) is 1. The third-order valence-electron chi connectivity index (χ3n) is 3.94. The van der Waals surface area contributed by atoms with Crippen LogP contribution in [0.15, 0.2) is 30.3 Å². The van der Waals surface area contributed by atoms with Gasteiger partial charge in [-0.05, 0) is 30.3 Å². The molecular formula is C17H14Cl2N4O2S. The average molecular weight is 409 g/mol. The van der Waals surface area contributed by atoms with Gasteiger partial charge in [0.05, 0.1) is 28.5 Å². The molecule has 0 atom stereocenters. The predicted octanol–water partition coefficient (Wildman–Crippen LogP) is 4.09. The van der Waals surface area contributed by atoms with Crippen LogP contribution in [0.4, 0.5) is 10.8 Å². The molecule has 1 N–H and O–H groups in total. The summed E-state index contributed by atoms with van der Waals surface area (Å²) in [5, 5.41) is 4.24. The Kier molecular flexibility index (Phi) is 4.95. The molecule has 1 aromatic carbocycles. The van der Waals surface area contributed by atoms with E-state index in [0.717, 1.165) is 28.4 Å². The van der Waals surface area contributed by atoms with Crippen molar-refractivity contribution in [1.29, 1.82) is 0 Å². The molecule has 0 saturated carbocycles. The molecule has 0 radical (unpaired) electrons. The highest BCUT2D eigenvalue weighted by Crippen LogP contribution is 2.31. The molecule has 0 unspecified atom stereocenters. The highest BCUT2D eigenvalue weighted by atomic mass is 35.5. The fourth-order valence-electron chi connectivity index (χ4n) is 2.65. The van der Waals surface area contributed by atoms with E-state index >= 15 is 0 Å². The number of thiazole rings is 1. The number of anilines is 2. The van der Waals surface area contributed by atoms with E-state index in [0.29, 0.717) is 18.9 Å². The summed E-state index contributed by atoms with van der Waals surface area (Å²) in [7, 11) is 0. The van der Waals surface area contributed by atoms with Crippen molar-refractivity contribution in [2.45, 2.75) is 0 Å². The second kappa shape index (κ2) is 7.36. The molecular weight excluding hydrogens is 395 g/mol. The monoisotopic (exact) mass is 408 g/mol. The van der Waals surface area contributed by atoms with Crippen LogP contribution in [0.5, 0.6) is 0 Å². The number of aromatic nitrogens is 2. The highest BCUT2D eigenvalue weighted by Gasteiger charge is 2.17. The molecule has 4 rings (SSSR count). The lowest BCUT2D eigenvalue weighted by molar-refractivity contribution is 0.102. The first-order valence-corrected chi connectivity index (χ1v) is 9.54. The molecule has 26 heavy (non-hydrogen) atoms. The summed E-state index contributed by atoms with van der Waals surface area (Å²) < 4.78 is 6.37. The van der Waals surface area contributed by atoms with Crippen LogP contribution in [0.25, 0.3) is 10.2 Å². The Hall–Kier alpha value is -1.93. The highest BCUT2D eigenvalue weighted by molar-refractivity contribution is 7.22. The Labute approximate surface area is 163 Å². The number of hydrogen-bond donors (Lipinski definition) is 1. The third kappa shape index (κ3) is 3.61. The molecule has 1 amide bonds. The number of pyridine rings is 1. The summed E-state index contributed by atoms with van der Waals surface area (Å²) in [4.78, 5) is 23.3. The Bertz CT molecular complexity index is 973. The van der Waals surface area contributed by atoms with Gasteiger partial charge in [-0.1, -0.05) is 34.5 Å². The maximum atomic E-state index is 12.4. The summed E-state index contributed by atoms with van der Waals surface area (Å²) in [6.07, 6.45) is 0. The van der Waals surface area contributed by atoms with Gasteiger partial charge >= 0.3 is 0 Å². The SMILES string of the molecule is O=C(Nc1ccc2nc(N3CCOCC3)sc2c1)c1nc(Cl)ccc1Cl. The van der Waals surface area contributed by atoms with Crippen LogP contribution in [0.1, 0.15) is 10.5 Å². The Morgan fingerprint density at radius 1 is 1.15 bits per heavy atom. The fourth-order valence-corrected chi connectivity index (χ4v) is 4.04. The predicted molar refractivity (Wildman–Crippen MR) is 105 cm³/mol. The number of fused-ring (bicyclic) bond motifs is 1. The first-order chi connectivity index (χ1) is 12.6. The molecule has 0 aliphatic carbocycles.